The molecule has 3 nitrogen and oxygen atoms in total. The highest BCUT2D eigenvalue weighted by molar-refractivity contribution is 5.75. The van der Waals surface area contributed by atoms with Crippen LogP contribution in [0.4, 0.5) is 0 Å². The molecule has 11 heavy (non-hydrogen) atoms. The van der Waals surface area contributed by atoms with E-state index in [1.54, 1.807) is 0 Å². The fourth-order valence-electron chi connectivity index (χ4n) is 1.03. The highest BCUT2D eigenvalue weighted by Crippen LogP contribution is 2.35. The molecule has 1 unspecified atom stereocenters. The van der Waals surface area contributed by atoms with Crippen LogP contribution in [0.15, 0.2) is 0 Å². The Morgan fingerprint density at radius 2 is 2.45 bits per heavy atom. The van der Waals surface area contributed by atoms with Crippen molar-refractivity contribution in [3.8, 4) is 6.07 Å². The molecule has 0 bridgehead atoms. The Labute approximate surface area is 66.0 Å². The zero-order valence-corrected chi connectivity index (χ0v) is 6.54. The molecule has 1 fully saturated rings. The third kappa shape index (κ3) is 2.23. The van der Waals surface area contributed by atoms with Crippen molar-refractivity contribution in [2.24, 2.45) is 11.8 Å². The minimum atomic E-state index is -0.535. The molecule has 0 heterocycles. The Kier molecular flexibility index (Phi) is 2.48. The van der Waals surface area contributed by atoms with Crippen LogP contribution in [-0.4, -0.2) is 13.1 Å². The Balaban J connectivity index is 2.35. The molecule has 1 aliphatic rings. The van der Waals surface area contributed by atoms with E-state index in [2.05, 4.69) is 4.74 Å². The molecule has 1 saturated carbocycles. The van der Waals surface area contributed by atoms with E-state index in [0.717, 1.165) is 12.8 Å². The molecular weight excluding hydrogens is 142 g/mol. The molecule has 1 rings (SSSR count). The van der Waals surface area contributed by atoms with Gasteiger partial charge >= 0.3 is 5.97 Å². The summed E-state index contributed by atoms with van der Waals surface area (Å²) in [4.78, 5) is 10.9. The second-order valence-electron chi connectivity index (χ2n) is 2.88. The summed E-state index contributed by atoms with van der Waals surface area (Å²) in [6, 6.07) is 1.95. The maximum atomic E-state index is 10.9. The second-order valence-corrected chi connectivity index (χ2v) is 2.88. The van der Waals surface area contributed by atoms with Crippen molar-refractivity contribution in [2.75, 3.05) is 7.11 Å². The number of carbonyl (C=O) groups is 1. The van der Waals surface area contributed by atoms with Gasteiger partial charge in [0.15, 0.2) is 0 Å². The van der Waals surface area contributed by atoms with Crippen LogP contribution in [0, 0.1) is 23.2 Å². The summed E-state index contributed by atoms with van der Waals surface area (Å²) in [6.45, 7) is 0. The van der Waals surface area contributed by atoms with Gasteiger partial charge in [0.05, 0.1) is 13.2 Å². The van der Waals surface area contributed by atoms with Crippen LogP contribution < -0.4 is 0 Å². The summed E-state index contributed by atoms with van der Waals surface area (Å²) >= 11 is 0. The molecular formula is C8H11NO2. The standard InChI is InChI=1S/C8H11NO2/c1-11-8(10)7(5-9)4-6-2-3-6/h6-7H,2-4H2,1H3. The monoisotopic (exact) mass is 153 g/mol. The minimum absolute atomic E-state index is 0.389. The minimum Gasteiger partial charge on any atom is -0.468 e. The topological polar surface area (TPSA) is 50.1 Å². The first-order valence-electron chi connectivity index (χ1n) is 3.75. The lowest BCUT2D eigenvalue weighted by atomic mass is 10.0. The van der Waals surface area contributed by atoms with E-state index in [4.69, 9.17) is 5.26 Å². The summed E-state index contributed by atoms with van der Waals surface area (Å²) in [5.41, 5.74) is 0. The first kappa shape index (κ1) is 8.06. The van der Waals surface area contributed by atoms with Gasteiger partial charge in [-0.25, -0.2) is 0 Å². The summed E-state index contributed by atoms with van der Waals surface area (Å²) in [6.07, 6.45) is 3.01. The normalized spacial score (nSPS) is 18.5. The van der Waals surface area contributed by atoms with Crippen LogP contribution >= 0.6 is 0 Å². The molecule has 0 aromatic carbocycles. The summed E-state index contributed by atoms with van der Waals surface area (Å²) < 4.78 is 4.47. The summed E-state index contributed by atoms with van der Waals surface area (Å²) in [7, 11) is 1.32. The molecule has 60 valence electrons. The maximum absolute atomic E-state index is 10.9. The number of ether oxygens (including phenoxy) is 1. The zero-order chi connectivity index (χ0) is 8.27. The van der Waals surface area contributed by atoms with Gasteiger partial charge in [-0.2, -0.15) is 5.26 Å². The average molecular weight is 153 g/mol. The largest absolute Gasteiger partial charge is 0.468 e. The van der Waals surface area contributed by atoms with Gasteiger partial charge in [0.1, 0.15) is 5.92 Å². The number of nitriles is 1. The molecule has 1 aliphatic carbocycles. The Morgan fingerprint density at radius 1 is 1.82 bits per heavy atom. The number of hydrogen-bond donors (Lipinski definition) is 0. The molecule has 1 atom stereocenters. The lowest BCUT2D eigenvalue weighted by molar-refractivity contribution is -0.143. The van der Waals surface area contributed by atoms with Crippen LogP contribution in [0.2, 0.25) is 0 Å². The van der Waals surface area contributed by atoms with E-state index >= 15 is 0 Å². The third-order valence-electron chi connectivity index (χ3n) is 1.91. The van der Waals surface area contributed by atoms with Crippen molar-refractivity contribution >= 4 is 5.97 Å². The Hall–Kier alpha value is -1.04. The van der Waals surface area contributed by atoms with E-state index < -0.39 is 5.92 Å². The Morgan fingerprint density at radius 3 is 2.82 bits per heavy atom. The summed E-state index contributed by atoms with van der Waals surface area (Å²) in [5.74, 6) is -0.328. The van der Waals surface area contributed by atoms with Gasteiger partial charge in [-0.1, -0.05) is 12.8 Å². The number of hydrogen-bond acceptors (Lipinski definition) is 3. The van der Waals surface area contributed by atoms with Crippen molar-refractivity contribution in [3.63, 3.8) is 0 Å². The molecule has 3 heteroatoms. The maximum Gasteiger partial charge on any atom is 0.323 e. The van der Waals surface area contributed by atoms with Crippen molar-refractivity contribution in [1.82, 2.24) is 0 Å². The smallest absolute Gasteiger partial charge is 0.323 e. The van der Waals surface area contributed by atoms with Crippen LogP contribution in [0.5, 0.6) is 0 Å². The van der Waals surface area contributed by atoms with Crippen molar-refractivity contribution < 1.29 is 9.53 Å². The van der Waals surface area contributed by atoms with Gasteiger partial charge in [0.25, 0.3) is 0 Å². The van der Waals surface area contributed by atoms with E-state index in [-0.39, 0.29) is 5.97 Å². The SMILES string of the molecule is COC(=O)C(C#N)CC1CC1. The van der Waals surface area contributed by atoms with Gasteiger partial charge < -0.3 is 4.74 Å². The van der Waals surface area contributed by atoms with E-state index in [9.17, 15) is 4.79 Å². The van der Waals surface area contributed by atoms with Crippen LogP contribution in [-0.2, 0) is 9.53 Å². The van der Waals surface area contributed by atoms with Gasteiger partial charge in [-0.15, -0.1) is 0 Å². The molecule has 0 aromatic heterocycles. The van der Waals surface area contributed by atoms with Crippen molar-refractivity contribution in [3.05, 3.63) is 0 Å². The molecule has 0 aliphatic heterocycles. The third-order valence-corrected chi connectivity index (χ3v) is 1.91. The number of methoxy groups -OCH3 is 1. The number of carbonyl (C=O) groups excluding carboxylic acids is 1. The molecule has 0 aromatic rings. The van der Waals surface area contributed by atoms with E-state index in [0.29, 0.717) is 12.3 Å². The lowest BCUT2D eigenvalue weighted by Gasteiger charge is -2.03. The fourth-order valence-corrected chi connectivity index (χ4v) is 1.03. The number of nitrogens with zero attached hydrogens (tertiary/aromatic N) is 1. The predicted octanol–water partition coefficient (Wildman–Crippen LogP) is 1.10. The zero-order valence-electron chi connectivity index (χ0n) is 6.54. The predicted molar refractivity (Wildman–Crippen MR) is 38.5 cm³/mol. The van der Waals surface area contributed by atoms with Crippen molar-refractivity contribution in [2.45, 2.75) is 19.3 Å². The quantitative estimate of drug-likeness (QED) is 0.570. The van der Waals surface area contributed by atoms with E-state index in [1.165, 1.54) is 7.11 Å². The first-order valence-corrected chi connectivity index (χ1v) is 3.75. The van der Waals surface area contributed by atoms with Gasteiger partial charge in [-0.3, -0.25) is 4.79 Å². The number of rotatable bonds is 3. The molecule has 0 radical (unpaired) electrons. The van der Waals surface area contributed by atoms with Crippen LogP contribution in [0.3, 0.4) is 0 Å². The molecule has 0 saturated heterocycles. The van der Waals surface area contributed by atoms with Crippen molar-refractivity contribution in [1.29, 1.82) is 5.26 Å². The number of esters is 1. The molecule has 0 spiro atoms. The average Bonchev–Trinajstić information content (AvgIpc) is 2.82. The van der Waals surface area contributed by atoms with Crippen LogP contribution in [0.1, 0.15) is 19.3 Å². The van der Waals surface area contributed by atoms with Gasteiger partial charge in [-0.05, 0) is 12.3 Å². The summed E-state index contributed by atoms with van der Waals surface area (Å²) in [5, 5.41) is 8.55. The Bertz CT molecular complexity index is 191. The van der Waals surface area contributed by atoms with Crippen LogP contribution in [0.25, 0.3) is 0 Å². The highest BCUT2D eigenvalue weighted by Gasteiger charge is 2.29. The van der Waals surface area contributed by atoms with E-state index in [1.807, 2.05) is 6.07 Å². The second kappa shape index (κ2) is 3.38. The van der Waals surface area contributed by atoms with Gasteiger partial charge in [0, 0.05) is 0 Å². The molecule has 0 amide bonds. The van der Waals surface area contributed by atoms with Gasteiger partial charge in [0.2, 0.25) is 0 Å². The lowest BCUT2D eigenvalue weighted by Crippen LogP contribution is -2.14. The first-order chi connectivity index (χ1) is 5.27. The molecule has 0 N–H and O–H groups in total. The highest BCUT2D eigenvalue weighted by atomic mass is 16.5. The fraction of sp³-hybridized carbons (Fsp3) is 0.750.